The molecule has 5 rings (SSSR count). The van der Waals surface area contributed by atoms with Crippen LogP contribution in [0.5, 0.6) is 0 Å². The van der Waals surface area contributed by atoms with E-state index in [0.29, 0.717) is 5.82 Å². The van der Waals surface area contributed by atoms with Crippen LogP contribution >= 0.6 is 0 Å². The molecule has 8 nitrogen and oxygen atoms in total. The molecule has 0 aliphatic carbocycles. The van der Waals surface area contributed by atoms with Crippen LogP contribution in [0, 0.1) is 0 Å². The van der Waals surface area contributed by atoms with Crippen LogP contribution in [0.2, 0.25) is 0 Å². The third-order valence-electron chi connectivity index (χ3n) is 5.98. The van der Waals surface area contributed by atoms with Crippen molar-refractivity contribution in [2.45, 2.75) is 45.6 Å². The molecule has 176 valence electrons. The standard InChI is InChI=1S/C27H28N8/c1-2-3-18-35-25(29-24(32-35)16-13-20-8-5-4-6-9-20)19-21-11-14-22(15-12-21)26-23(10-7-17-28-26)27-30-33-34-31-27/h4-12,14-15,17H,2-3,13,16,18-19H2,1H3,(H,30,31,33,34). The molecule has 5 aromatic rings. The van der Waals surface area contributed by atoms with E-state index in [2.05, 4.69) is 85.7 Å². The number of rotatable bonds is 10. The van der Waals surface area contributed by atoms with Gasteiger partial charge in [0.1, 0.15) is 5.82 Å². The van der Waals surface area contributed by atoms with E-state index in [4.69, 9.17) is 10.1 Å². The molecule has 0 saturated carbocycles. The van der Waals surface area contributed by atoms with E-state index in [1.807, 2.05) is 18.2 Å². The first-order valence-electron chi connectivity index (χ1n) is 12.0. The van der Waals surface area contributed by atoms with Gasteiger partial charge in [0.2, 0.25) is 5.82 Å². The molecule has 0 amide bonds. The van der Waals surface area contributed by atoms with Crippen LogP contribution in [0.4, 0.5) is 0 Å². The summed E-state index contributed by atoms with van der Waals surface area (Å²) in [5.41, 5.74) is 5.17. The van der Waals surface area contributed by atoms with Gasteiger partial charge in [-0.2, -0.15) is 10.3 Å². The molecule has 35 heavy (non-hydrogen) atoms. The highest BCUT2D eigenvalue weighted by Crippen LogP contribution is 2.27. The van der Waals surface area contributed by atoms with Crippen molar-refractivity contribution >= 4 is 0 Å². The van der Waals surface area contributed by atoms with Crippen molar-refractivity contribution in [1.29, 1.82) is 0 Å². The van der Waals surface area contributed by atoms with E-state index < -0.39 is 0 Å². The molecule has 0 fully saturated rings. The van der Waals surface area contributed by atoms with E-state index in [-0.39, 0.29) is 0 Å². The second kappa shape index (κ2) is 10.8. The smallest absolute Gasteiger partial charge is 0.206 e. The summed E-state index contributed by atoms with van der Waals surface area (Å²) in [7, 11) is 0. The maximum absolute atomic E-state index is 4.91. The van der Waals surface area contributed by atoms with Crippen molar-refractivity contribution in [2.75, 3.05) is 0 Å². The second-order valence-corrected chi connectivity index (χ2v) is 8.52. The molecule has 3 aromatic heterocycles. The number of aryl methyl sites for hydroxylation is 3. The lowest BCUT2D eigenvalue weighted by molar-refractivity contribution is 0.545. The highest BCUT2D eigenvalue weighted by Gasteiger charge is 2.14. The third kappa shape index (κ3) is 5.48. The van der Waals surface area contributed by atoms with Crippen LogP contribution < -0.4 is 0 Å². The van der Waals surface area contributed by atoms with Gasteiger partial charge in [0.25, 0.3) is 0 Å². The molecule has 0 radical (unpaired) electrons. The third-order valence-corrected chi connectivity index (χ3v) is 5.98. The fourth-order valence-corrected chi connectivity index (χ4v) is 4.11. The number of aromatic nitrogens is 8. The number of benzene rings is 2. The maximum Gasteiger partial charge on any atom is 0.206 e. The Balaban J connectivity index is 1.34. The van der Waals surface area contributed by atoms with Gasteiger partial charge in [-0.1, -0.05) is 67.9 Å². The molecule has 0 bridgehead atoms. The number of aromatic amines is 1. The molecule has 1 N–H and O–H groups in total. The van der Waals surface area contributed by atoms with Crippen molar-refractivity contribution < 1.29 is 0 Å². The number of H-pyrrole nitrogens is 1. The SMILES string of the molecule is CCCCn1nc(CCc2ccccc2)nc1Cc1ccc(-c2ncccc2-c2nn[nH]n2)cc1. The Labute approximate surface area is 204 Å². The van der Waals surface area contributed by atoms with E-state index in [0.717, 1.165) is 67.1 Å². The van der Waals surface area contributed by atoms with Gasteiger partial charge in [-0.15, -0.1) is 10.2 Å². The summed E-state index contributed by atoms with van der Waals surface area (Å²) >= 11 is 0. The van der Waals surface area contributed by atoms with Gasteiger partial charge in [-0.05, 0) is 41.3 Å². The van der Waals surface area contributed by atoms with Crippen molar-refractivity contribution in [3.63, 3.8) is 0 Å². The van der Waals surface area contributed by atoms with Gasteiger partial charge in [0.05, 0.1) is 5.69 Å². The van der Waals surface area contributed by atoms with E-state index in [9.17, 15) is 0 Å². The molecule has 2 aromatic carbocycles. The first-order chi connectivity index (χ1) is 17.3. The highest BCUT2D eigenvalue weighted by atomic mass is 15.5. The number of hydrogen-bond acceptors (Lipinski definition) is 6. The number of pyridine rings is 1. The average Bonchev–Trinajstić information content (AvgIpc) is 3.58. The fourth-order valence-electron chi connectivity index (χ4n) is 4.11. The predicted molar refractivity (Wildman–Crippen MR) is 134 cm³/mol. The Hall–Kier alpha value is -4.20. The Morgan fingerprint density at radius 1 is 0.886 bits per heavy atom. The summed E-state index contributed by atoms with van der Waals surface area (Å²) in [5.74, 6) is 2.46. The average molecular weight is 465 g/mol. The van der Waals surface area contributed by atoms with E-state index in [1.54, 1.807) is 6.20 Å². The molecule has 0 unspecified atom stereocenters. The number of hydrogen-bond donors (Lipinski definition) is 1. The Bertz CT molecular complexity index is 1340. The van der Waals surface area contributed by atoms with Crippen molar-refractivity contribution in [3.8, 4) is 22.6 Å². The summed E-state index contributed by atoms with van der Waals surface area (Å²) in [5, 5.41) is 19.2. The van der Waals surface area contributed by atoms with Gasteiger partial charge in [0.15, 0.2) is 5.82 Å². The molecule has 0 atom stereocenters. The van der Waals surface area contributed by atoms with Crippen molar-refractivity contribution in [2.24, 2.45) is 0 Å². The quantitative estimate of drug-likeness (QED) is 0.322. The van der Waals surface area contributed by atoms with Crippen molar-refractivity contribution in [3.05, 3.63) is 95.7 Å². The van der Waals surface area contributed by atoms with E-state index in [1.165, 1.54) is 11.1 Å². The second-order valence-electron chi connectivity index (χ2n) is 8.52. The van der Waals surface area contributed by atoms with Crippen LogP contribution in [0.3, 0.4) is 0 Å². The summed E-state index contributed by atoms with van der Waals surface area (Å²) < 4.78 is 2.09. The zero-order valence-corrected chi connectivity index (χ0v) is 19.8. The number of unbranched alkanes of at least 4 members (excludes halogenated alkanes) is 1. The van der Waals surface area contributed by atoms with Gasteiger partial charge < -0.3 is 0 Å². The Morgan fingerprint density at radius 3 is 2.51 bits per heavy atom. The number of tetrazole rings is 1. The van der Waals surface area contributed by atoms with Gasteiger partial charge in [-0.3, -0.25) is 4.98 Å². The fraction of sp³-hybridized carbons (Fsp3) is 0.259. The summed E-state index contributed by atoms with van der Waals surface area (Å²) in [6, 6.07) is 22.8. The zero-order chi connectivity index (χ0) is 23.9. The van der Waals surface area contributed by atoms with Crippen LogP contribution in [0.1, 0.15) is 42.5 Å². The first kappa shape index (κ1) is 22.6. The molecule has 8 heteroatoms. The molecule has 0 aliphatic heterocycles. The first-order valence-corrected chi connectivity index (χ1v) is 12.0. The molecule has 0 saturated heterocycles. The molecule has 3 heterocycles. The maximum atomic E-state index is 4.91. The summed E-state index contributed by atoms with van der Waals surface area (Å²) in [6.07, 6.45) is 6.52. The van der Waals surface area contributed by atoms with Crippen LogP contribution in [0.25, 0.3) is 22.6 Å². The van der Waals surface area contributed by atoms with Crippen molar-refractivity contribution in [1.82, 2.24) is 40.4 Å². The monoisotopic (exact) mass is 464 g/mol. The van der Waals surface area contributed by atoms with Gasteiger partial charge in [-0.25, -0.2) is 9.67 Å². The lowest BCUT2D eigenvalue weighted by Crippen LogP contribution is -2.06. The molecule has 0 spiro atoms. The Morgan fingerprint density at radius 2 is 1.74 bits per heavy atom. The van der Waals surface area contributed by atoms with Crippen LogP contribution in [-0.2, 0) is 25.8 Å². The minimum atomic E-state index is 0.532. The molecular formula is C27H28N8. The van der Waals surface area contributed by atoms with Gasteiger partial charge >= 0.3 is 0 Å². The minimum Gasteiger partial charge on any atom is -0.255 e. The molecular weight excluding hydrogens is 436 g/mol. The summed E-state index contributed by atoms with van der Waals surface area (Å²) in [4.78, 5) is 9.48. The van der Waals surface area contributed by atoms with Crippen LogP contribution in [0.15, 0.2) is 72.9 Å². The highest BCUT2D eigenvalue weighted by molar-refractivity contribution is 5.76. The lowest BCUT2D eigenvalue weighted by atomic mass is 10.0. The minimum absolute atomic E-state index is 0.532. The Kier molecular flexibility index (Phi) is 6.98. The summed E-state index contributed by atoms with van der Waals surface area (Å²) in [6.45, 7) is 3.09. The largest absolute Gasteiger partial charge is 0.255 e. The zero-order valence-electron chi connectivity index (χ0n) is 19.8. The number of nitrogens with one attached hydrogen (secondary N) is 1. The normalized spacial score (nSPS) is 11.1. The van der Waals surface area contributed by atoms with Gasteiger partial charge in [0, 0.05) is 36.7 Å². The molecule has 0 aliphatic rings. The number of nitrogens with zero attached hydrogens (tertiary/aromatic N) is 7. The predicted octanol–water partition coefficient (Wildman–Crippen LogP) is 4.70. The lowest BCUT2D eigenvalue weighted by Gasteiger charge is -2.08. The van der Waals surface area contributed by atoms with Crippen LogP contribution in [-0.4, -0.2) is 40.4 Å². The van der Waals surface area contributed by atoms with E-state index >= 15 is 0 Å². The topological polar surface area (TPSA) is 98.1 Å².